The van der Waals surface area contributed by atoms with Gasteiger partial charge in [-0.3, -0.25) is 0 Å². The average molecular weight is 233 g/mol. The van der Waals surface area contributed by atoms with E-state index in [9.17, 15) is 5.26 Å². The second-order valence-electron chi connectivity index (χ2n) is 4.96. The van der Waals surface area contributed by atoms with Crippen molar-refractivity contribution in [3.63, 3.8) is 0 Å². The highest BCUT2D eigenvalue weighted by molar-refractivity contribution is 5.76. The standard InChI is InChI=1S/C17H15N/c1-12-4-2-6-14(10-12)17-15(11-18)9-8-13-5-3-7-16(13)17/h2,4,6,8-10H,3,5,7H2,1H3. The van der Waals surface area contributed by atoms with Gasteiger partial charge in [-0.1, -0.05) is 35.9 Å². The Morgan fingerprint density at radius 2 is 2.00 bits per heavy atom. The van der Waals surface area contributed by atoms with Gasteiger partial charge in [0.1, 0.15) is 0 Å². The van der Waals surface area contributed by atoms with Crippen LogP contribution in [0, 0.1) is 18.3 Å². The number of fused-ring (bicyclic) bond motifs is 1. The Morgan fingerprint density at radius 3 is 2.78 bits per heavy atom. The molecule has 1 nitrogen and oxygen atoms in total. The maximum absolute atomic E-state index is 9.33. The van der Waals surface area contributed by atoms with Gasteiger partial charge in [0.05, 0.1) is 11.6 Å². The number of rotatable bonds is 1. The van der Waals surface area contributed by atoms with Gasteiger partial charge in [-0.25, -0.2) is 0 Å². The lowest BCUT2D eigenvalue weighted by Crippen LogP contribution is -1.93. The quantitative estimate of drug-likeness (QED) is 0.729. The van der Waals surface area contributed by atoms with Crippen molar-refractivity contribution < 1.29 is 0 Å². The van der Waals surface area contributed by atoms with E-state index in [0.29, 0.717) is 0 Å². The van der Waals surface area contributed by atoms with Crippen molar-refractivity contribution in [1.29, 1.82) is 5.26 Å². The summed E-state index contributed by atoms with van der Waals surface area (Å²) in [5.41, 5.74) is 7.21. The molecule has 0 saturated heterocycles. The average Bonchev–Trinajstić information content (AvgIpc) is 2.85. The summed E-state index contributed by atoms with van der Waals surface area (Å²) < 4.78 is 0. The van der Waals surface area contributed by atoms with Crippen LogP contribution in [0.2, 0.25) is 0 Å². The van der Waals surface area contributed by atoms with Crippen LogP contribution in [0.25, 0.3) is 11.1 Å². The van der Waals surface area contributed by atoms with E-state index in [0.717, 1.165) is 24.0 Å². The van der Waals surface area contributed by atoms with Crippen molar-refractivity contribution in [2.24, 2.45) is 0 Å². The zero-order valence-electron chi connectivity index (χ0n) is 10.5. The minimum absolute atomic E-state index is 0.807. The molecule has 0 heterocycles. The fourth-order valence-corrected chi connectivity index (χ4v) is 2.89. The van der Waals surface area contributed by atoms with E-state index in [-0.39, 0.29) is 0 Å². The Bertz CT molecular complexity index is 647. The first-order chi connectivity index (χ1) is 8.79. The Balaban J connectivity index is 2.28. The van der Waals surface area contributed by atoms with Gasteiger partial charge in [0.15, 0.2) is 0 Å². The van der Waals surface area contributed by atoms with Gasteiger partial charge >= 0.3 is 0 Å². The SMILES string of the molecule is Cc1cccc(-c2c(C#N)ccc3c2CCC3)c1. The summed E-state index contributed by atoms with van der Waals surface area (Å²) in [6, 6.07) is 14.9. The number of hydrogen-bond acceptors (Lipinski definition) is 1. The van der Waals surface area contributed by atoms with Crippen LogP contribution in [-0.4, -0.2) is 0 Å². The van der Waals surface area contributed by atoms with Crippen LogP contribution in [0.4, 0.5) is 0 Å². The van der Waals surface area contributed by atoms with Crippen LogP contribution >= 0.6 is 0 Å². The molecule has 2 aromatic carbocycles. The highest BCUT2D eigenvalue weighted by Crippen LogP contribution is 2.35. The molecule has 0 bridgehead atoms. The molecule has 2 aromatic rings. The fraction of sp³-hybridized carbons (Fsp3) is 0.235. The van der Waals surface area contributed by atoms with Gasteiger partial charge in [-0.05, 0) is 48.9 Å². The third-order valence-corrected chi connectivity index (χ3v) is 3.71. The molecule has 0 N–H and O–H groups in total. The first kappa shape index (κ1) is 11.0. The molecule has 0 aromatic heterocycles. The molecule has 0 atom stereocenters. The van der Waals surface area contributed by atoms with E-state index >= 15 is 0 Å². The zero-order valence-corrected chi connectivity index (χ0v) is 10.5. The molecule has 1 aliphatic carbocycles. The maximum atomic E-state index is 9.33. The van der Waals surface area contributed by atoms with Gasteiger partial charge in [-0.2, -0.15) is 5.26 Å². The topological polar surface area (TPSA) is 23.8 Å². The lowest BCUT2D eigenvalue weighted by Gasteiger charge is -2.11. The summed E-state index contributed by atoms with van der Waals surface area (Å²) in [6.07, 6.45) is 3.47. The second-order valence-corrected chi connectivity index (χ2v) is 4.96. The number of benzene rings is 2. The second kappa shape index (κ2) is 4.31. The van der Waals surface area contributed by atoms with Gasteiger partial charge < -0.3 is 0 Å². The molecule has 0 spiro atoms. The van der Waals surface area contributed by atoms with Crippen molar-refractivity contribution in [1.82, 2.24) is 0 Å². The Kier molecular flexibility index (Phi) is 2.64. The summed E-state index contributed by atoms with van der Waals surface area (Å²) in [5.74, 6) is 0. The van der Waals surface area contributed by atoms with Crippen molar-refractivity contribution in [3.05, 3.63) is 58.7 Å². The van der Waals surface area contributed by atoms with E-state index in [1.165, 1.54) is 28.7 Å². The lowest BCUT2D eigenvalue weighted by molar-refractivity contribution is 0.912. The number of hydrogen-bond donors (Lipinski definition) is 0. The molecule has 0 aliphatic heterocycles. The third-order valence-electron chi connectivity index (χ3n) is 3.71. The Labute approximate surface area is 108 Å². The summed E-state index contributed by atoms with van der Waals surface area (Å²) >= 11 is 0. The Morgan fingerprint density at radius 1 is 1.11 bits per heavy atom. The minimum atomic E-state index is 0.807. The van der Waals surface area contributed by atoms with Gasteiger partial charge in [0.2, 0.25) is 0 Å². The monoisotopic (exact) mass is 233 g/mol. The lowest BCUT2D eigenvalue weighted by atomic mass is 9.92. The van der Waals surface area contributed by atoms with E-state index in [4.69, 9.17) is 0 Å². The van der Waals surface area contributed by atoms with Crippen molar-refractivity contribution in [2.45, 2.75) is 26.2 Å². The minimum Gasteiger partial charge on any atom is -0.192 e. The molecule has 0 saturated carbocycles. The van der Waals surface area contributed by atoms with Crippen LogP contribution in [0.1, 0.15) is 28.7 Å². The largest absolute Gasteiger partial charge is 0.192 e. The van der Waals surface area contributed by atoms with Gasteiger partial charge in [0, 0.05) is 5.56 Å². The molecule has 0 amide bonds. The predicted octanol–water partition coefficient (Wildman–Crippen LogP) is 4.02. The van der Waals surface area contributed by atoms with Crippen molar-refractivity contribution in [2.75, 3.05) is 0 Å². The van der Waals surface area contributed by atoms with Crippen LogP contribution in [0.15, 0.2) is 36.4 Å². The first-order valence-electron chi connectivity index (χ1n) is 6.41. The highest BCUT2D eigenvalue weighted by Gasteiger charge is 2.18. The molecule has 1 heteroatoms. The first-order valence-corrected chi connectivity index (χ1v) is 6.41. The van der Waals surface area contributed by atoms with Crippen LogP contribution in [0.3, 0.4) is 0 Å². The molecule has 18 heavy (non-hydrogen) atoms. The molecule has 1 aliphatic rings. The zero-order chi connectivity index (χ0) is 12.5. The van der Waals surface area contributed by atoms with Crippen molar-refractivity contribution in [3.8, 4) is 17.2 Å². The highest BCUT2D eigenvalue weighted by atomic mass is 14.3. The fourth-order valence-electron chi connectivity index (χ4n) is 2.89. The van der Waals surface area contributed by atoms with Crippen molar-refractivity contribution >= 4 is 0 Å². The van der Waals surface area contributed by atoms with E-state index in [1.807, 2.05) is 6.07 Å². The summed E-state index contributed by atoms with van der Waals surface area (Å²) in [4.78, 5) is 0. The van der Waals surface area contributed by atoms with Crippen LogP contribution in [0.5, 0.6) is 0 Å². The van der Waals surface area contributed by atoms with E-state index in [1.54, 1.807) is 0 Å². The number of nitriles is 1. The molecular formula is C17H15N. The van der Waals surface area contributed by atoms with E-state index in [2.05, 4.69) is 43.3 Å². The summed E-state index contributed by atoms with van der Waals surface area (Å²) in [7, 11) is 0. The van der Waals surface area contributed by atoms with Crippen LogP contribution in [-0.2, 0) is 12.8 Å². The molecule has 0 radical (unpaired) electrons. The molecule has 3 rings (SSSR count). The maximum Gasteiger partial charge on any atom is 0.0998 e. The summed E-state index contributed by atoms with van der Waals surface area (Å²) in [5, 5.41) is 9.33. The van der Waals surface area contributed by atoms with Crippen LogP contribution < -0.4 is 0 Å². The molecule has 0 fully saturated rings. The number of nitrogens with zero attached hydrogens (tertiary/aromatic N) is 1. The molecular weight excluding hydrogens is 218 g/mol. The molecule has 88 valence electrons. The van der Waals surface area contributed by atoms with E-state index < -0.39 is 0 Å². The molecule has 0 unspecified atom stereocenters. The predicted molar refractivity (Wildman–Crippen MR) is 73.4 cm³/mol. The number of aryl methyl sites for hydroxylation is 2. The smallest absolute Gasteiger partial charge is 0.0998 e. The van der Waals surface area contributed by atoms with Gasteiger partial charge in [-0.15, -0.1) is 0 Å². The summed E-state index contributed by atoms with van der Waals surface area (Å²) in [6.45, 7) is 2.10. The Hall–Kier alpha value is -2.07. The third kappa shape index (κ3) is 1.71. The normalized spacial score (nSPS) is 13.1. The van der Waals surface area contributed by atoms with Gasteiger partial charge in [0.25, 0.3) is 0 Å².